The van der Waals surface area contributed by atoms with Crippen LogP contribution in [-0.4, -0.2) is 40.1 Å². The summed E-state index contributed by atoms with van der Waals surface area (Å²) in [5, 5.41) is 9.81. The Kier molecular flexibility index (Phi) is 4.85. The lowest BCUT2D eigenvalue weighted by atomic mass is 10.1. The number of amides is 1. The summed E-state index contributed by atoms with van der Waals surface area (Å²) in [5.74, 6) is 0.0553. The fraction of sp³-hybridized carbons (Fsp3) is 0.412. The van der Waals surface area contributed by atoms with E-state index in [0.29, 0.717) is 0 Å². The van der Waals surface area contributed by atoms with E-state index in [0.717, 1.165) is 47.5 Å². The minimum atomic E-state index is 0.0553. The summed E-state index contributed by atoms with van der Waals surface area (Å²) in [6.45, 7) is 1.01. The van der Waals surface area contributed by atoms with E-state index in [-0.39, 0.29) is 18.6 Å². The quantitative estimate of drug-likeness (QED) is 0.863. The highest BCUT2D eigenvalue weighted by Gasteiger charge is 2.26. The molecule has 2 heterocycles. The number of hydrogen-bond acceptors (Lipinski definition) is 4. The maximum atomic E-state index is 12.4. The second-order valence-corrected chi connectivity index (χ2v) is 6.61. The fourth-order valence-electron chi connectivity index (χ4n) is 2.95. The van der Waals surface area contributed by atoms with Gasteiger partial charge in [-0.25, -0.2) is 4.98 Å². The van der Waals surface area contributed by atoms with Gasteiger partial charge in [-0.1, -0.05) is 12.1 Å². The molecule has 1 aromatic carbocycles. The van der Waals surface area contributed by atoms with Gasteiger partial charge in [0.25, 0.3) is 0 Å². The zero-order valence-corrected chi connectivity index (χ0v) is 13.3. The number of benzene rings is 1. The van der Waals surface area contributed by atoms with Crippen molar-refractivity contribution in [3.8, 4) is 0 Å². The number of nitrogens with zero attached hydrogens (tertiary/aromatic N) is 2. The van der Waals surface area contributed by atoms with Crippen molar-refractivity contribution in [2.45, 2.75) is 31.7 Å². The second kappa shape index (κ2) is 7.03. The minimum Gasteiger partial charge on any atom is -0.396 e. The van der Waals surface area contributed by atoms with Gasteiger partial charge in [0.05, 0.1) is 10.2 Å². The van der Waals surface area contributed by atoms with Crippen LogP contribution in [0.3, 0.4) is 0 Å². The van der Waals surface area contributed by atoms with Gasteiger partial charge in [-0.3, -0.25) is 4.79 Å². The molecule has 0 aliphatic carbocycles. The first-order valence-electron chi connectivity index (χ1n) is 7.73. The van der Waals surface area contributed by atoms with Gasteiger partial charge in [-0.15, -0.1) is 11.3 Å². The number of likely N-dealkylation sites (tertiary alicyclic amines) is 1. The van der Waals surface area contributed by atoms with Crippen molar-refractivity contribution in [2.24, 2.45) is 0 Å². The Morgan fingerprint density at radius 3 is 3.14 bits per heavy atom. The first-order valence-corrected chi connectivity index (χ1v) is 8.54. The topological polar surface area (TPSA) is 53.4 Å². The third-order valence-electron chi connectivity index (χ3n) is 4.03. The molecule has 1 aliphatic rings. The molecule has 3 rings (SSSR count). The lowest BCUT2D eigenvalue weighted by Gasteiger charge is -2.23. The molecular weight excluding hydrogens is 296 g/mol. The van der Waals surface area contributed by atoms with Crippen molar-refractivity contribution in [3.63, 3.8) is 0 Å². The summed E-state index contributed by atoms with van der Waals surface area (Å²) in [7, 11) is 0. The van der Waals surface area contributed by atoms with E-state index in [2.05, 4.69) is 4.98 Å². The first kappa shape index (κ1) is 15.2. The van der Waals surface area contributed by atoms with Crippen LogP contribution in [0, 0.1) is 0 Å². The summed E-state index contributed by atoms with van der Waals surface area (Å²) in [6.07, 6.45) is 7.19. The Bertz CT molecular complexity index is 647. The van der Waals surface area contributed by atoms with Crippen molar-refractivity contribution in [2.75, 3.05) is 13.2 Å². The average molecular weight is 316 g/mol. The lowest BCUT2D eigenvalue weighted by Crippen LogP contribution is -2.34. The Balaban J connectivity index is 1.67. The maximum absolute atomic E-state index is 12.4. The molecule has 2 aromatic rings. The van der Waals surface area contributed by atoms with E-state index in [9.17, 15) is 4.79 Å². The number of carbonyl (C=O) groups is 1. The number of aliphatic hydroxyl groups is 1. The van der Waals surface area contributed by atoms with Crippen LogP contribution in [0.5, 0.6) is 0 Å². The number of thiazole rings is 1. The van der Waals surface area contributed by atoms with Gasteiger partial charge in [-0.2, -0.15) is 0 Å². The molecule has 0 saturated carbocycles. The highest BCUT2D eigenvalue weighted by molar-refractivity contribution is 7.19. The monoisotopic (exact) mass is 316 g/mol. The molecule has 1 amide bonds. The van der Waals surface area contributed by atoms with Gasteiger partial charge in [0.15, 0.2) is 0 Å². The van der Waals surface area contributed by atoms with Gasteiger partial charge in [0.2, 0.25) is 5.91 Å². The Hall–Kier alpha value is -1.72. The average Bonchev–Trinajstić information content (AvgIpc) is 3.16. The third kappa shape index (κ3) is 3.36. The van der Waals surface area contributed by atoms with Crippen LogP contribution >= 0.6 is 11.3 Å². The van der Waals surface area contributed by atoms with E-state index >= 15 is 0 Å². The fourth-order valence-corrected chi connectivity index (χ4v) is 3.82. The van der Waals surface area contributed by atoms with Gasteiger partial charge in [0.1, 0.15) is 5.01 Å². The molecule has 1 aliphatic heterocycles. The molecule has 1 fully saturated rings. The number of aromatic nitrogens is 1. The van der Waals surface area contributed by atoms with Crippen molar-refractivity contribution >= 4 is 33.5 Å². The number of carbonyl (C=O) groups excluding carboxylic acids is 1. The Labute approximate surface area is 134 Å². The largest absolute Gasteiger partial charge is 0.396 e. The van der Waals surface area contributed by atoms with Crippen molar-refractivity contribution in [1.29, 1.82) is 0 Å². The molecule has 1 unspecified atom stereocenters. The van der Waals surface area contributed by atoms with E-state index in [1.807, 2.05) is 35.2 Å². The number of aliphatic hydroxyl groups excluding tert-OH is 1. The normalized spacial score (nSPS) is 18.6. The molecule has 0 bridgehead atoms. The summed E-state index contributed by atoms with van der Waals surface area (Å²) in [5.41, 5.74) is 0.974. The summed E-state index contributed by atoms with van der Waals surface area (Å²) in [4.78, 5) is 18.8. The number of para-hydroxylation sites is 1. The van der Waals surface area contributed by atoms with Crippen LogP contribution < -0.4 is 0 Å². The molecule has 1 aromatic heterocycles. The summed E-state index contributed by atoms with van der Waals surface area (Å²) >= 11 is 1.59. The molecule has 22 heavy (non-hydrogen) atoms. The van der Waals surface area contributed by atoms with E-state index in [4.69, 9.17) is 5.11 Å². The third-order valence-corrected chi connectivity index (χ3v) is 5.04. The lowest BCUT2D eigenvalue weighted by molar-refractivity contribution is -0.126. The Morgan fingerprint density at radius 1 is 1.45 bits per heavy atom. The van der Waals surface area contributed by atoms with Crippen molar-refractivity contribution < 1.29 is 9.90 Å². The highest BCUT2D eigenvalue weighted by atomic mass is 32.1. The van der Waals surface area contributed by atoms with Gasteiger partial charge in [0, 0.05) is 25.3 Å². The van der Waals surface area contributed by atoms with Crippen molar-refractivity contribution in [1.82, 2.24) is 9.88 Å². The van der Waals surface area contributed by atoms with Crippen LogP contribution in [0.25, 0.3) is 16.3 Å². The van der Waals surface area contributed by atoms with Gasteiger partial charge < -0.3 is 10.0 Å². The van der Waals surface area contributed by atoms with E-state index < -0.39 is 0 Å². The van der Waals surface area contributed by atoms with Crippen LogP contribution in [-0.2, 0) is 4.79 Å². The molecule has 1 atom stereocenters. The molecule has 0 radical (unpaired) electrons. The smallest absolute Gasteiger partial charge is 0.246 e. The molecule has 116 valence electrons. The zero-order chi connectivity index (χ0) is 15.4. The van der Waals surface area contributed by atoms with Crippen LogP contribution in [0.1, 0.15) is 30.7 Å². The van der Waals surface area contributed by atoms with E-state index in [1.165, 1.54) is 0 Å². The van der Waals surface area contributed by atoms with Crippen LogP contribution in [0.4, 0.5) is 0 Å². The molecule has 4 nitrogen and oxygen atoms in total. The molecular formula is C17H20N2O2S. The predicted octanol–water partition coefficient (Wildman–Crippen LogP) is 3.07. The minimum absolute atomic E-state index is 0.0553. The molecule has 5 heteroatoms. The van der Waals surface area contributed by atoms with Gasteiger partial charge >= 0.3 is 0 Å². The summed E-state index contributed by atoms with van der Waals surface area (Å²) in [6, 6.07) is 8.26. The zero-order valence-electron chi connectivity index (χ0n) is 12.4. The SMILES string of the molecule is O=C(/C=C/c1nc2ccccc2s1)N1CCCC1CCCO. The van der Waals surface area contributed by atoms with E-state index in [1.54, 1.807) is 17.4 Å². The maximum Gasteiger partial charge on any atom is 0.246 e. The standard InChI is InChI=1S/C17H20N2O2S/c20-12-4-6-13-5-3-11-19(13)17(21)10-9-16-18-14-7-1-2-8-15(14)22-16/h1-2,7-10,13,20H,3-6,11-12H2/b10-9+. The van der Waals surface area contributed by atoms with Crippen LogP contribution in [0.15, 0.2) is 30.3 Å². The van der Waals surface area contributed by atoms with Crippen molar-refractivity contribution in [3.05, 3.63) is 35.3 Å². The molecule has 1 N–H and O–H groups in total. The van der Waals surface area contributed by atoms with Crippen LogP contribution in [0.2, 0.25) is 0 Å². The second-order valence-electron chi connectivity index (χ2n) is 5.55. The number of rotatable bonds is 5. The number of hydrogen-bond donors (Lipinski definition) is 1. The molecule has 0 spiro atoms. The highest BCUT2D eigenvalue weighted by Crippen LogP contribution is 2.24. The van der Waals surface area contributed by atoms with Gasteiger partial charge in [-0.05, 0) is 43.9 Å². The summed E-state index contributed by atoms with van der Waals surface area (Å²) < 4.78 is 1.14. The Morgan fingerprint density at radius 2 is 2.32 bits per heavy atom. The predicted molar refractivity (Wildman–Crippen MR) is 89.7 cm³/mol. The number of fused-ring (bicyclic) bond motifs is 1. The molecule has 1 saturated heterocycles. The first-order chi connectivity index (χ1) is 10.8.